The summed E-state index contributed by atoms with van der Waals surface area (Å²) in [6, 6.07) is 9.33. The van der Waals surface area contributed by atoms with Gasteiger partial charge in [-0.3, -0.25) is 0 Å². The minimum Gasteiger partial charge on any atom is -0.468 e. The van der Waals surface area contributed by atoms with E-state index in [1.54, 1.807) is 22.7 Å². The first-order valence-electron chi connectivity index (χ1n) is 8.30. The number of nitrogens with one attached hydrogen (secondary N) is 1. The maximum atomic E-state index is 12.7. The van der Waals surface area contributed by atoms with Crippen LogP contribution < -0.4 is 5.32 Å². The molecule has 1 aliphatic rings. The number of benzene rings is 1. The first kappa shape index (κ1) is 17.2. The van der Waals surface area contributed by atoms with Crippen molar-refractivity contribution in [3.63, 3.8) is 0 Å². The molecule has 130 valence electrons. The smallest absolute Gasteiger partial charge is 0.243 e. The maximum absolute atomic E-state index is 12.7. The van der Waals surface area contributed by atoms with Crippen LogP contribution in [0.1, 0.15) is 29.7 Å². The van der Waals surface area contributed by atoms with Gasteiger partial charge in [0.05, 0.1) is 17.7 Å². The molecule has 0 bridgehead atoms. The van der Waals surface area contributed by atoms with Crippen LogP contribution in [0.15, 0.2) is 45.9 Å². The maximum Gasteiger partial charge on any atom is 0.243 e. The number of sulfonamides is 1. The predicted octanol–water partition coefficient (Wildman–Crippen LogP) is 2.84. The second kappa shape index (κ2) is 7.09. The number of aryl methyl sites for hydroxylation is 2. The van der Waals surface area contributed by atoms with Crippen LogP contribution in [0.2, 0.25) is 0 Å². The molecule has 0 aliphatic carbocycles. The second-order valence-electron chi connectivity index (χ2n) is 6.40. The molecule has 0 radical (unpaired) electrons. The zero-order valence-electron chi connectivity index (χ0n) is 14.2. The number of furan rings is 1. The van der Waals surface area contributed by atoms with E-state index in [-0.39, 0.29) is 0 Å². The topological polar surface area (TPSA) is 62.6 Å². The second-order valence-corrected chi connectivity index (χ2v) is 8.34. The van der Waals surface area contributed by atoms with Gasteiger partial charge in [0.15, 0.2) is 0 Å². The van der Waals surface area contributed by atoms with Crippen molar-refractivity contribution in [3.8, 4) is 0 Å². The number of hydrogen-bond donors (Lipinski definition) is 1. The van der Waals surface area contributed by atoms with E-state index in [1.807, 2.05) is 32.0 Å². The largest absolute Gasteiger partial charge is 0.468 e. The van der Waals surface area contributed by atoms with Crippen molar-refractivity contribution in [2.45, 2.75) is 44.2 Å². The Balaban J connectivity index is 1.56. The van der Waals surface area contributed by atoms with Gasteiger partial charge in [0.25, 0.3) is 0 Å². The quantitative estimate of drug-likeness (QED) is 0.902. The third-order valence-electron chi connectivity index (χ3n) is 4.63. The molecule has 0 unspecified atom stereocenters. The lowest BCUT2D eigenvalue weighted by atomic mass is 10.1. The summed E-state index contributed by atoms with van der Waals surface area (Å²) in [6.07, 6.45) is 3.32. The van der Waals surface area contributed by atoms with Crippen molar-refractivity contribution in [1.82, 2.24) is 9.62 Å². The SMILES string of the molecule is Cc1ccc(S(=O)(=O)N2CCC(NCc3occc3C)CC2)cc1. The van der Waals surface area contributed by atoms with Gasteiger partial charge in [-0.1, -0.05) is 17.7 Å². The molecule has 0 spiro atoms. The van der Waals surface area contributed by atoms with E-state index in [1.165, 1.54) is 0 Å². The van der Waals surface area contributed by atoms with Crippen LogP contribution >= 0.6 is 0 Å². The van der Waals surface area contributed by atoms with Crippen molar-refractivity contribution in [2.75, 3.05) is 13.1 Å². The standard InChI is InChI=1S/C18H24N2O3S/c1-14-3-5-17(6-4-14)24(21,22)20-10-7-16(8-11-20)19-13-18-15(2)9-12-23-18/h3-6,9,12,16,19H,7-8,10-11,13H2,1-2H3. The molecular weight excluding hydrogens is 324 g/mol. The van der Waals surface area contributed by atoms with Crippen LogP contribution in [0.5, 0.6) is 0 Å². The van der Waals surface area contributed by atoms with E-state index < -0.39 is 10.0 Å². The molecule has 24 heavy (non-hydrogen) atoms. The van der Waals surface area contributed by atoms with Gasteiger partial charge in [0.2, 0.25) is 10.0 Å². The fourth-order valence-corrected chi connectivity index (χ4v) is 4.45. The molecule has 2 heterocycles. The van der Waals surface area contributed by atoms with E-state index in [9.17, 15) is 8.42 Å². The fraction of sp³-hybridized carbons (Fsp3) is 0.444. The summed E-state index contributed by atoms with van der Waals surface area (Å²) in [7, 11) is -3.38. The number of nitrogens with zero attached hydrogens (tertiary/aromatic N) is 1. The third-order valence-corrected chi connectivity index (χ3v) is 6.55. The summed E-state index contributed by atoms with van der Waals surface area (Å²) >= 11 is 0. The minimum absolute atomic E-state index is 0.318. The molecule has 1 aromatic heterocycles. The monoisotopic (exact) mass is 348 g/mol. The molecule has 1 aromatic carbocycles. The van der Waals surface area contributed by atoms with Crippen molar-refractivity contribution in [1.29, 1.82) is 0 Å². The van der Waals surface area contributed by atoms with Gasteiger partial charge in [-0.05, 0) is 50.5 Å². The lowest BCUT2D eigenvalue weighted by Gasteiger charge is -2.31. The summed E-state index contributed by atoms with van der Waals surface area (Å²) in [4.78, 5) is 0.380. The highest BCUT2D eigenvalue weighted by molar-refractivity contribution is 7.89. The molecule has 2 aromatic rings. The molecule has 5 nitrogen and oxygen atoms in total. The number of piperidine rings is 1. The van der Waals surface area contributed by atoms with Gasteiger partial charge >= 0.3 is 0 Å². The van der Waals surface area contributed by atoms with E-state index in [0.29, 0.717) is 30.6 Å². The van der Waals surface area contributed by atoms with Crippen LogP contribution in [0.3, 0.4) is 0 Å². The first-order chi connectivity index (χ1) is 11.5. The molecule has 1 aliphatic heterocycles. The lowest BCUT2D eigenvalue weighted by molar-refractivity contribution is 0.283. The summed E-state index contributed by atoms with van der Waals surface area (Å²) in [5.74, 6) is 0.949. The summed E-state index contributed by atoms with van der Waals surface area (Å²) in [5.41, 5.74) is 2.20. The van der Waals surface area contributed by atoms with Gasteiger partial charge < -0.3 is 9.73 Å². The van der Waals surface area contributed by atoms with Gasteiger partial charge in [0.1, 0.15) is 5.76 Å². The molecule has 1 fully saturated rings. The average molecular weight is 348 g/mol. The van der Waals surface area contributed by atoms with Crippen LogP contribution in [0.25, 0.3) is 0 Å². The Labute approximate surface area is 143 Å². The van der Waals surface area contributed by atoms with E-state index >= 15 is 0 Å². The van der Waals surface area contributed by atoms with Gasteiger partial charge in [-0.15, -0.1) is 0 Å². The summed E-state index contributed by atoms with van der Waals surface area (Å²) in [5, 5.41) is 3.47. The predicted molar refractivity (Wildman–Crippen MR) is 93.2 cm³/mol. The molecule has 3 rings (SSSR count). The van der Waals surface area contributed by atoms with Gasteiger partial charge in [0, 0.05) is 19.1 Å². The Kier molecular flexibility index (Phi) is 5.08. The van der Waals surface area contributed by atoms with Crippen molar-refractivity contribution >= 4 is 10.0 Å². The van der Waals surface area contributed by atoms with Crippen LogP contribution in [-0.2, 0) is 16.6 Å². The normalized spacial score (nSPS) is 17.2. The molecule has 0 saturated carbocycles. The van der Waals surface area contributed by atoms with Crippen molar-refractivity contribution < 1.29 is 12.8 Å². The molecule has 6 heteroatoms. The van der Waals surface area contributed by atoms with Gasteiger partial charge in [-0.25, -0.2) is 8.42 Å². The van der Waals surface area contributed by atoms with E-state index in [0.717, 1.165) is 29.7 Å². The van der Waals surface area contributed by atoms with Crippen molar-refractivity contribution in [3.05, 3.63) is 53.5 Å². The Hall–Kier alpha value is -1.63. The Morgan fingerprint density at radius 3 is 2.38 bits per heavy atom. The van der Waals surface area contributed by atoms with Gasteiger partial charge in [-0.2, -0.15) is 4.31 Å². The zero-order valence-corrected chi connectivity index (χ0v) is 15.0. The molecule has 0 atom stereocenters. The Bertz CT molecular complexity index is 773. The van der Waals surface area contributed by atoms with Crippen LogP contribution in [0, 0.1) is 13.8 Å². The number of rotatable bonds is 5. The highest BCUT2D eigenvalue weighted by Gasteiger charge is 2.29. The van der Waals surface area contributed by atoms with Crippen molar-refractivity contribution in [2.24, 2.45) is 0 Å². The molecule has 0 amide bonds. The lowest BCUT2D eigenvalue weighted by Crippen LogP contribution is -2.44. The number of hydrogen-bond acceptors (Lipinski definition) is 4. The third kappa shape index (κ3) is 3.71. The summed E-state index contributed by atoms with van der Waals surface area (Å²) < 4.78 is 32.4. The minimum atomic E-state index is -3.38. The van der Waals surface area contributed by atoms with E-state index in [2.05, 4.69) is 5.32 Å². The zero-order chi connectivity index (χ0) is 17.2. The molecule has 1 saturated heterocycles. The van der Waals surface area contributed by atoms with Crippen LogP contribution in [-0.4, -0.2) is 31.9 Å². The Morgan fingerprint density at radius 2 is 1.79 bits per heavy atom. The summed E-state index contributed by atoms with van der Waals surface area (Å²) in [6.45, 7) is 5.76. The Morgan fingerprint density at radius 1 is 1.12 bits per heavy atom. The van der Waals surface area contributed by atoms with Crippen LogP contribution in [0.4, 0.5) is 0 Å². The molecular formula is C18H24N2O3S. The average Bonchev–Trinajstić information content (AvgIpc) is 2.99. The first-order valence-corrected chi connectivity index (χ1v) is 9.74. The molecule has 1 N–H and O–H groups in total. The fourth-order valence-electron chi connectivity index (χ4n) is 2.98. The highest BCUT2D eigenvalue weighted by Crippen LogP contribution is 2.21. The van der Waals surface area contributed by atoms with E-state index in [4.69, 9.17) is 4.42 Å². The highest BCUT2D eigenvalue weighted by atomic mass is 32.2.